The summed E-state index contributed by atoms with van der Waals surface area (Å²) in [7, 11) is 0. The second-order valence-electron chi connectivity index (χ2n) is 11.3. The van der Waals surface area contributed by atoms with E-state index in [-0.39, 0.29) is 12.0 Å². The van der Waals surface area contributed by atoms with Crippen molar-refractivity contribution in [2.75, 3.05) is 18.9 Å². The number of benzene rings is 2. The molecule has 1 saturated heterocycles. The normalized spacial score (nSPS) is 20.9. The fourth-order valence-electron chi connectivity index (χ4n) is 6.29. The first-order valence-corrected chi connectivity index (χ1v) is 14.6. The van der Waals surface area contributed by atoms with Crippen LogP contribution in [0.15, 0.2) is 73.1 Å². The SMILES string of the molecule is Nc1nc(-c2ccc3ccc(-c4ccccc4)nc3c2)cn2c(C3CCC(CNC(=O)C4CCCO4)CC3)ncc12. The maximum absolute atomic E-state index is 12.3. The zero-order chi connectivity index (χ0) is 27.8. The highest BCUT2D eigenvalue weighted by Gasteiger charge is 2.28. The number of anilines is 1. The Balaban J connectivity index is 1.10. The average molecular weight is 547 g/mol. The molecule has 8 heteroatoms. The lowest BCUT2D eigenvalue weighted by molar-refractivity contribution is -0.130. The molecule has 1 saturated carbocycles. The molecule has 3 aromatic heterocycles. The number of nitrogens with two attached hydrogens (primary N) is 1. The summed E-state index contributed by atoms with van der Waals surface area (Å²) in [5, 5.41) is 4.20. The van der Waals surface area contributed by atoms with Crippen molar-refractivity contribution in [3.8, 4) is 22.5 Å². The number of aromatic nitrogens is 4. The molecule has 1 aliphatic heterocycles. The summed E-state index contributed by atoms with van der Waals surface area (Å²) in [6, 6.07) is 20.6. The molecule has 41 heavy (non-hydrogen) atoms. The highest BCUT2D eigenvalue weighted by molar-refractivity contribution is 5.86. The third-order valence-electron chi connectivity index (χ3n) is 8.64. The van der Waals surface area contributed by atoms with E-state index >= 15 is 0 Å². The van der Waals surface area contributed by atoms with Gasteiger partial charge in [0.2, 0.25) is 5.91 Å². The topological polar surface area (TPSA) is 107 Å². The monoisotopic (exact) mass is 546 g/mol. The Morgan fingerprint density at radius 1 is 0.951 bits per heavy atom. The number of imidazole rings is 1. The minimum atomic E-state index is -0.264. The van der Waals surface area contributed by atoms with Crippen LogP contribution in [0, 0.1) is 5.92 Å². The number of rotatable bonds is 6. The van der Waals surface area contributed by atoms with Crippen molar-refractivity contribution in [2.45, 2.75) is 50.5 Å². The lowest BCUT2D eigenvalue weighted by atomic mass is 9.81. The Labute approximate surface area is 239 Å². The van der Waals surface area contributed by atoms with Gasteiger partial charge in [0.15, 0.2) is 0 Å². The van der Waals surface area contributed by atoms with E-state index in [9.17, 15) is 4.79 Å². The van der Waals surface area contributed by atoms with Crippen LogP contribution in [-0.4, -0.2) is 44.5 Å². The molecule has 2 fully saturated rings. The predicted octanol–water partition coefficient (Wildman–Crippen LogP) is 5.76. The van der Waals surface area contributed by atoms with Crippen molar-refractivity contribution in [3.05, 3.63) is 78.9 Å². The van der Waals surface area contributed by atoms with Crippen molar-refractivity contribution in [1.29, 1.82) is 0 Å². The molecule has 0 radical (unpaired) electrons. The summed E-state index contributed by atoms with van der Waals surface area (Å²) in [4.78, 5) is 26.8. The Kier molecular flexibility index (Phi) is 6.84. The van der Waals surface area contributed by atoms with Gasteiger partial charge < -0.3 is 15.8 Å². The van der Waals surface area contributed by atoms with Gasteiger partial charge in [-0.05, 0) is 56.6 Å². The van der Waals surface area contributed by atoms with Gasteiger partial charge in [0.1, 0.15) is 23.3 Å². The Morgan fingerprint density at radius 2 is 1.78 bits per heavy atom. The maximum atomic E-state index is 12.3. The number of pyridine rings is 1. The van der Waals surface area contributed by atoms with Crippen LogP contribution in [0.4, 0.5) is 5.82 Å². The van der Waals surface area contributed by atoms with E-state index in [2.05, 4.69) is 58.4 Å². The minimum absolute atomic E-state index is 0.0413. The van der Waals surface area contributed by atoms with E-state index in [4.69, 9.17) is 25.4 Å². The van der Waals surface area contributed by atoms with Crippen molar-refractivity contribution in [1.82, 2.24) is 24.7 Å². The molecule has 2 aliphatic rings. The number of nitrogens with zero attached hydrogens (tertiary/aromatic N) is 4. The fourth-order valence-corrected chi connectivity index (χ4v) is 6.29. The molecule has 0 spiro atoms. The van der Waals surface area contributed by atoms with Crippen molar-refractivity contribution < 1.29 is 9.53 Å². The van der Waals surface area contributed by atoms with E-state index in [0.29, 0.717) is 24.3 Å². The van der Waals surface area contributed by atoms with Gasteiger partial charge in [-0.3, -0.25) is 9.20 Å². The number of fused-ring (bicyclic) bond motifs is 2. The van der Waals surface area contributed by atoms with Crippen molar-refractivity contribution in [3.63, 3.8) is 0 Å². The number of ether oxygens (including phenoxy) is 1. The van der Waals surface area contributed by atoms with Crippen molar-refractivity contribution in [2.24, 2.45) is 5.92 Å². The van der Waals surface area contributed by atoms with Gasteiger partial charge in [0, 0.05) is 41.8 Å². The summed E-state index contributed by atoms with van der Waals surface area (Å²) in [6.45, 7) is 1.41. The third kappa shape index (κ3) is 5.15. The number of amides is 1. The van der Waals surface area contributed by atoms with E-state index in [0.717, 1.165) is 89.8 Å². The molecule has 5 aromatic rings. The molecule has 208 valence electrons. The molecule has 2 aromatic carbocycles. The summed E-state index contributed by atoms with van der Waals surface area (Å²) in [5.41, 5.74) is 12.0. The second-order valence-corrected chi connectivity index (χ2v) is 11.3. The zero-order valence-corrected chi connectivity index (χ0v) is 23.0. The van der Waals surface area contributed by atoms with Gasteiger partial charge in [-0.25, -0.2) is 15.0 Å². The number of hydrogen-bond acceptors (Lipinski definition) is 6. The summed E-state index contributed by atoms with van der Waals surface area (Å²) >= 11 is 0. The van der Waals surface area contributed by atoms with Gasteiger partial charge >= 0.3 is 0 Å². The Bertz CT molecular complexity index is 1700. The van der Waals surface area contributed by atoms with Gasteiger partial charge in [-0.1, -0.05) is 48.5 Å². The van der Waals surface area contributed by atoms with Gasteiger partial charge in [-0.15, -0.1) is 0 Å². The highest BCUT2D eigenvalue weighted by atomic mass is 16.5. The van der Waals surface area contributed by atoms with E-state index in [1.165, 1.54) is 0 Å². The van der Waals surface area contributed by atoms with Crippen LogP contribution in [0.25, 0.3) is 38.9 Å². The molecule has 7 rings (SSSR count). The molecule has 8 nitrogen and oxygen atoms in total. The number of nitrogens with one attached hydrogen (secondary N) is 1. The molecule has 4 heterocycles. The Hall–Kier alpha value is -4.30. The minimum Gasteiger partial charge on any atom is -0.382 e. The molecule has 1 atom stereocenters. The summed E-state index contributed by atoms with van der Waals surface area (Å²) < 4.78 is 7.64. The maximum Gasteiger partial charge on any atom is 0.249 e. The largest absolute Gasteiger partial charge is 0.382 e. The van der Waals surface area contributed by atoms with Crippen LogP contribution >= 0.6 is 0 Å². The molecular weight excluding hydrogens is 512 g/mol. The van der Waals surface area contributed by atoms with Crippen LogP contribution in [0.2, 0.25) is 0 Å². The van der Waals surface area contributed by atoms with Crippen LogP contribution in [0.1, 0.15) is 50.3 Å². The molecule has 1 aliphatic carbocycles. The zero-order valence-electron chi connectivity index (χ0n) is 23.0. The molecular formula is C33H34N6O2. The number of carbonyl (C=O) groups excluding carboxylic acids is 1. The first-order valence-electron chi connectivity index (χ1n) is 14.6. The predicted molar refractivity (Wildman–Crippen MR) is 160 cm³/mol. The van der Waals surface area contributed by atoms with E-state index < -0.39 is 0 Å². The van der Waals surface area contributed by atoms with Crippen molar-refractivity contribution >= 4 is 28.1 Å². The Morgan fingerprint density at radius 3 is 2.59 bits per heavy atom. The van der Waals surface area contributed by atoms with Gasteiger partial charge in [-0.2, -0.15) is 0 Å². The van der Waals surface area contributed by atoms with E-state index in [1.807, 2.05) is 24.4 Å². The second kappa shape index (κ2) is 10.9. The quantitative estimate of drug-likeness (QED) is 0.280. The molecule has 1 amide bonds. The van der Waals surface area contributed by atoms with Crippen LogP contribution in [0.3, 0.4) is 0 Å². The smallest absolute Gasteiger partial charge is 0.249 e. The highest BCUT2D eigenvalue weighted by Crippen LogP contribution is 2.36. The number of carbonyl (C=O) groups is 1. The number of hydrogen-bond donors (Lipinski definition) is 2. The molecule has 1 unspecified atom stereocenters. The van der Waals surface area contributed by atoms with Crippen LogP contribution < -0.4 is 11.1 Å². The average Bonchev–Trinajstić information content (AvgIpc) is 3.71. The van der Waals surface area contributed by atoms with Crippen LogP contribution in [0.5, 0.6) is 0 Å². The number of nitrogen functional groups attached to an aromatic ring is 1. The summed E-state index contributed by atoms with van der Waals surface area (Å²) in [5.74, 6) is 2.36. The first kappa shape index (κ1) is 25.7. The molecule has 0 bridgehead atoms. The summed E-state index contributed by atoms with van der Waals surface area (Å²) in [6.07, 6.45) is 9.59. The lowest BCUT2D eigenvalue weighted by Gasteiger charge is -2.28. The van der Waals surface area contributed by atoms with Crippen LogP contribution in [-0.2, 0) is 9.53 Å². The third-order valence-corrected chi connectivity index (χ3v) is 8.64. The fraction of sp³-hybridized carbons (Fsp3) is 0.333. The van der Waals surface area contributed by atoms with Gasteiger partial charge in [0.25, 0.3) is 0 Å². The lowest BCUT2D eigenvalue weighted by Crippen LogP contribution is -2.37. The first-order chi connectivity index (χ1) is 20.1. The van der Waals surface area contributed by atoms with Gasteiger partial charge in [0.05, 0.1) is 23.1 Å². The van der Waals surface area contributed by atoms with E-state index in [1.54, 1.807) is 0 Å². The standard InChI is InChI=1S/C33H34N6O2/c34-31-29-19-35-32(24-10-8-21(9-11-24)18-36-33(40)30-7-4-16-41-30)39(29)20-28(38-31)25-13-12-23-14-15-26(37-27(23)17-25)22-5-2-1-3-6-22/h1-3,5-6,12-15,17,19-21,24,30H,4,7-11,16,18H2,(H2,34,38)(H,36,40). The molecule has 3 N–H and O–H groups in total.